The van der Waals surface area contributed by atoms with Crippen molar-refractivity contribution in [1.29, 1.82) is 0 Å². The van der Waals surface area contributed by atoms with Crippen LogP contribution in [0.15, 0.2) is 66.7 Å². The third-order valence-electron chi connectivity index (χ3n) is 5.06. The first kappa shape index (κ1) is 21.7. The molecule has 1 amide bonds. The Hall–Kier alpha value is -2.53. The Morgan fingerprint density at radius 1 is 0.903 bits per heavy atom. The second kappa shape index (κ2) is 9.73. The number of aromatic nitrogens is 2. The van der Waals surface area contributed by atoms with E-state index in [0.717, 1.165) is 28.0 Å². The van der Waals surface area contributed by atoms with Crippen LogP contribution in [0.5, 0.6) is 0 Å². The fraction of sp³-hybridized carbons (Fsp3) is 0.167. The van der Waals surface area contributed by atoms with Crippen LogP contribution in [-0.4, -0.2) is 22.0 Å². The van der Waals surface area contributed by atoms with Crippen LogP contribution in [0.25, 0.3) is 11.0 Å². The lowest BCUT2D eigenvalue weighted by atomic mass is 10.1. The van der Waals surface area contributed by atoms with Gasteiger partial charge in [0.2, 0.25) is 5.91 Å². The number of imidazole rings is 1. The van der Waals surface area contributed by atoms with E-state index in [2.05, 4.69) is 9.88 Å². The number of nitrogens with zero attached hydrogens (tertiary/aromatic N) is 2. The monoisotopic (exact) mass is 471 g/mol. The molecule has 0 saturated heterocycles. The number of carbonyl (C=O) groups is 1. The lowest BCUT2D eigenvalue weighted by molar-refractivity contribution is -0.120. The van der Waals surface area contributed by atoms with Gasteiger partial charge >= 0.3 is 0 Å². The number of hydrogen-bond donors (Lipinski definition) is 1. The standard InChI is InChI=1S/C24H20Cl3N3O/c25-18-10-9-17(20(27)14-18)15-30-22-8-4-3-7-21(22)29-23(30)11-12-28-24(31)13-16-5-1-2-6-19(16)26/h1-10,14H,11-13,15H2,(H,28,31). The number of para-hydroxylation sites is 2. The highest BCUT2D eigenvalue weighted by Crippen LogP contribution is 2.25. The first-order valence-corrected chi connectivity index (χ1v) is 11.0. The van der Waals surface area contributed by atoms with Crippen LogP contribution in [0.2, 0.25) is 15.1 Å². The van der Waals surface area contributed by atoms with Crippen molar-refractivity contribution in [3.05, 3.63) is 98.7 Å². The zero-order valence-electron chi connectivity index (χ0n) is 16.6. The molecule has 0 fully saturated rings. The number of hydrogen-bond acceptors (Lipinski definition) is 2. The SMILES string of the molecule is O=C(Cc1ccccc1Cl)NCCc1nc2ccccc2n1Cc1ccc(Cl)cc1Cl. The molecule has 158 valence electrons. The Morgan fingerprint density at radius 2 is 1.68 bits per heavy atom. The van der Waals surface area contributed by atoms with Gasteiger partial charge in [0.1, 0.15) is 5.82 Å². The quantitative estimate of drug-likeness (QED) is 0.361. The average Bonchev–Trinajstić information content (AvgIpc) is 3.09. The molecule has 1 N–H and O–H groups in total. The minimum Gasteiger partial charge on any atom is -0.355 e. The predicted octanol–water partition coefficient (Wildman–Crippen LogP) is 5.95. The van der Waals surface area contributed by atoms with Crippen molar-refractivity contribution < 1.29 is 4.79 Å². The van der Waals surface area contributed by atoms with Gasteiger partial charge < -0.3 is 9.88 Å². The zero-order chi connectivity index (χ0) is 21.8. The van der Waals surface area contributed by atoms with Crippen molar-refractivity contribution >= 4 is 51.7 Å². The summed E-state index contributed by atoms with van der Waals surface area (Å²) in [4.78, 5) is 17.1. The molecule has 0 atom stereocenters. The summed E-state index contributed by atoms with van der Waals surface area (Å²) >= 11 is 18.6. The zero-order valence-corrected chi connectivity index (χ0v) is 18.9. The maximum Gasteiger partial charge on any atom is 0.224 e. The summed E-state index contributed by atoms with van der Waals surface area (Å²) in [6.45, 7) is 1.04. The molecule has 0 unspecified atom stereocenters. The molecule has 4 nitrogen and oxygen atoms in total. The maximum absolute atomic E-state index is 12.4. The van der Waals surface area contributed by atoms with E-state index in [1.54, 1.807) is 12.1 Å². The second-order valence-electron chi connectivity index (χ2n) is 7.21. The van der Waals surface area contributed by atoms with Crippen LogP contribution in [0, 0.1) is 0 Å². The van der Waals surface area contributed by atoms with E-state index in [9.17, 15) is 4.79 Å². The van der Waals surface area contributed by atoms with Crippen LogP contribution in [0.3, 0.4) is 0 Å². The Morgan fingerprint density at radius 3 is 2.48 bits per heavy atom. The van der Waals surface area contributed by atoms with Crippen molar-refractivity contribution in [2.45, 2.75) is 19.4 Å². The number of benzene rings is 3. The van der Waals surface area contributed by atoms with Crippen LogP contribution >= 0.6 is 34.8 Å². The van der Waals surface area contributed by atoms with E-state index in [1.165, 1.54) is 0 Å². The fourth-order valence-corrected chi connectivity index (χ4v) is 4.17. The highest BCUT2D eigenvalue weighted by atomic mass is 35.5. The molecule has 31 heavy (non-hydrogen) atoms. The normalized spacial score (nSPS) is 11.1. The van der Waals surface area contributed by atoms with E-state index in [0.29, 0.717) is 34.6 Å². The maximum atomic E-state index is 12.4. The van der Waals surface area contributed by atoms with Crippen molar-refractivity contribution in [3.63, 3.8) is 0 Å². The van der Waals surface area contributed by atoms with Crippen LogP contribution in [0.1, 0.15) is 17.0 Å². The number of fused-ring (bicyclic) bond motifs is 1. The third-order valence-corrected chi connectivity index (χ3v) is 6.01. The summed E-state index contributed by atoms with van der Waals surface area (Å²) in [5.74, 6) is 0.807. The average molecular weight is 473 g/mol. The van der Waals surface area contributed by atoms with E-state index in [1.807, 2.05) is 54.6 Å². The van der Waals surface area contributed by atoms with Gasteiger partial charge in [0.05, 0.1) is 24.0 Å². The molecule has 0 bridgehead atoms. The van der Waals surface area contributed by atoms with Crippen LogP contribution in [-0.2, 0) is 24.2 Å². The highest BCUT2D eigenvalue weighted by Gasteiger charge is 2.13. The lowest BCUT2D eigenvalue weighted by Gasteiger charge is -2.12. The van der Waals surface area contributed by atoms with Gasteiger partial charge in [-0.15, -0.1) is 0 Å². The molecule has 0 aliphatic carbocycles. The molecule has 0 aliphatic heterocycles. The first-order valence-electron chi connectivity index (χ1n) is 9.89. The molecule has 0 saturated carbocycles. The number of halogens is 3. The molecule has 3 aromatic carbocycles. The summed E-state index contributed by atoms with van der Waals surface area (Å²) < 4.78 is 2.13. The molecule has 0 spiro atoms. The first-order chi connectivity index (χ1) is 15.0. The molecule has 4 rings (SSSR count). The molecule has 1 heterocycles. The van der Waals surface area contributed by atoms with Gasteiger partial charge in [-0.1, -0.05) is 71.2 Å². The molecule has 0 radical (unpaired) electrons. The summed E-state index contributed by atoms with van der Waals surface area (Å²) in [6, 6.07) is 20.8. The minimum absolute atomic E-state index is 0.0727. The fourth-order valence-electron chi connectivity index (χ4n) is 3.50. The molecular weight excluding hydrogens is 453 g/mol. The summed E-state index contributed by atoms with van der Waals surface area (Å²) in [5, 5.41) is 4.78. The molecular formula is C24H20Cl3N3O. The molecule has 1 aromatic heterocycles. The minimum atomic E-state index is -0.0727. The Bertz CT molecular complexity index is 1240. The van der Waals surface area contributed by atoms with E-state index in [4.69, 9.17) is 39.8 Å². The van der Waals surface area contributed by atoms with Gasteiger partial charge in [-0.3, -0.25) is 4.79 Å². The van der Waals surface area contributed by atoms with Gasteiger partial charge in [-0.25, -0.2) is 4.98 Å². The summed E-state index contributed by atoms with van der Waals surface area (Å²) in [6.07, 6.45) is 0.838. The highest BCUT2D eigenvalue weighted by molar-refractivity contribution is 6.35. The van der Waals surface area contributed by atoms with E-state index >= 15 is 0 Å². The Balaban J connectivity index is 1.49. The summed E-state index contributed by atoms with van der Waals surface area (Å²) in [5.41, 5.74) is 3.69. The van der Waals surface area contributed by atoms with E-state index in [-0.39, 0.29) is 12.3 Å². The van der Waals surface area contributed by atoms with E-state index < -0.39 is 0 Å². The van der Waals surface area contributed by atoms with Gasteiger partial charge in [0.25, 0.3) is 0 Å². The third kappa shape index (κ3) is 5.21. The Kier molecular flexibility index (Phi) is 6.81. The number of nitrogens with one attached hydrogen (secondary N) is 1. The van der Waals surface area contributed by atoms with Gasteiger partial charge in [-0.05, 0) is 41.5 Å². The topological polar surface area (TPSA) is 46.9 Å². The lowest BCUT2D eigenvalue weighted by Crippen LogP contribution is -2.28. The van der Waals surface area contributed by atoms with Crippen molar-refractivity contribution in [2.24, 2.45) is 0 Å². The number of rotatable bonds is 7. The van der Waals surface area contributed by atoms with Gasteiger partial charge in [0, 0.05) is 28.0 Å². The second-order valence-corrected chi connectivity index (χ2v) is 8.46. The summed E-state index contributed by atoms with van der Waals surface area (Å²) in [7, 11) is 0. The molecule has 7 heteroatoms. The number of carbonyl (C=O) groups excluding carboxylic acids is 1. The van der Waals surface area contributed by atoms with Gasteiger partial charge in [-0.2, -0.15) is 0 Å². The van der Waals surface area contributed by atoms with Crippen molar-refractivity contribution in [1.82, 2.24) is 14.9 Å². The van der Waals surface area contributed by atoms with Crippen molar-refractivity contribution in [2.75, 3.05) is 6.54 Å². The smallest absolute Gasteiger partial charge is 0.224 e. The Labute approximate surface area is 195 Å². The van der Waals surface area contributed by atoms with Crippen LogP contribution in [0.4, 0.5) is 0 Å². The van der Waals surface area contributed by atoms with Crippen LogP contribution < -0.4 is 5.32 Å². The molecule has 4 aromatic rings. The predicted molar refractivity (Wildman–Crippen MR) is 127 cm³/mol. The number of amides is 1. The van der Waals surface area contributed by atoms with Crippen molar-refractivity contribution in [3.8, 4) is 0 Å². The molecule has 0 aliphatic rings. The van der Waals surface area contributed by atoms with Gasteiger partial charge in [0.15, 0.2) is 0 Å². The largest absolute Gasteiger partial charge is 0.355 e.